The minimum absolute atomic E-state index is 0.266. The first-order valence-electron chi connectivity index (χ1n) is 9.05. The fraction of sp³-hybridized carbons (Fsp3) is 0.174. The third kappa shape index (κ3) is 2.97. The van der Waals surface area contributed by atoms with Crippen molar-refractivity contribution in [1.82, 2.24) is 9.97 Å². The number of para-hydroxylation sites is 1. The van der Waals surface area contributed by atoms with Crippen molar-refractivity contribution in [1.29, 1.82) is 0 Å². The Labute approximate surface area is 154 Å². The molecule has 0 spiro atoms. The van der Waals surface area contributed by atoms with Gasteiger partial charge in [0.05, 0.1) is 11.4 Å². The highest BCUT2D eigenvalue weighted by atomic mass is 15.0. The van der Waals surface area contributed by atoms with Crippen LogP contribution in [0.5, 0.6) is 0 Å². The van der Waals surface area contributed by atoms with Crippen LogP contribution in [0, 0.1) is 5.92 Å². The van der Waals surface area contributed by atoms with E-state index in [4.69, 9.17) is 4.98 Å². The molecule has 0 fully saturated rings. The zero-order valence-electron chi connectivity index (χ0n) is 15.1. The van der Waals surface area contributed by atoms with Gasteiger partial charge < -0.3 is 10.3 Å². The highest BCUT2D eigenvalue weighted by Gasteiger charge is 2.25. The van der Waals surface area contributed by atoms with Gasteiger partial charge in [0.2, 0.25) is 0 Å². The Hall–Kier alpha value is -3.07. The van der Waals surface area contributed by atoms with Crippen LogP contribution < -0.4 is 5.32 Å². The predicted octanol–water partition coefficient (Wildman–Crippen LogP) is 5.63. The van der Waals surface area contributed by atoms with Gasteiger partial charge in [0.25, 0.3) is 0 Å². The molecule has 0 aliphatic heterocycles. The summed E-state index contributed by atoms with van der Waals surface area (Å²) in [5.41, 5.74) is 5.52. The monoisotopic (exact) mass is 341 g/mol. The van der Waals surface area contributed by atoms with E-state index in [0.29, 0.717) is 5.92 Å². The van der Waals surface area contributed by atoms with Crippen molar-refractivity contribution in [2.24, 2.45) is 5.92 Å². The molecule has 130 valence electrons. The van der Waals surface area contributed by atoms with Gasteiger partial charge in [-0.25, -0.2) is 4.98 Å². The number of benzene rings is 2. The second-order valence-corrected chi connectivity index (χ2v) is 6.66. The third-order valence-corrected chi connectivity index (χ3v) is 4.97. The zero-order chi connectivity index (χ0) is 17.9. The number of aromatic nitrogens is 2. The van der Waals surface area contributed by atoms with Crippen molar-refractivity contribution < 1.29 is 0 Å². The van der Waals surface area contributed by atoms with Gasteiger partial charge in [-0.2, -0.15) is 0 Å². The average Bonchev–Trinajstić information content (AvgIpc) is 3.14. The summed E-state index contributed by atoms with van der Waals surface area (Å²) in [6.07, 6.45) is 8.74. The predicted molar refractivity (Wildman–Crippen MR) is 109 cm³/mol. The van der Waals surface area contributed by atoms with E-state index in [-0.39, 0.29) is 5.92 Å². The van der Waals surface area contributed by atoms with Gasteiger partial charge in [-0.05, 0) is 23.6 Å². The first-order chi connectivity index (χ1) is 12.8. The largest absolute Gasteiger partial charge is 0.388 e. The average molecular weight is 341 g/mol. The smallest absolute Gasteiger partial charge is 0.140 e. The Balaban J connectivity index is 1.88. The van der Waals surface area contributed by atoms with Gasteiger partial charge >= 0.3 is 0 Å². The zero-order valence-corrected chi connectivity index (χ0v) is 15.1. The second-order valence-electron chi connectivity index (χ2n) is 6.66. The maximum atomic E-state index is 5.06. The Morgan fingerprint density at radius 2 is 1.65 bits per heavy atom. The van der Waals surface area contributed by atoms with Crippen LogP contribution in [0.4, 0.5) is 5.69 Å². The van der Waals surface area contributed by atoms with Gasteiger partial charge in [0, 0.05) is 24.2 Å². The Bertz CT molecular complexity index is 951. The van der Waals surface area contributed by atoms with Gasteiger partial charge in [-0.3, -0.25) is 0 Å². The van der Waals surface area contributed by atoms with Crippen molar-refractivity contribution >= 4 is 5.69 Å². The maximum Gasteiger partial charge on any atom is 0.140 e. The number of allylic oxidation sites excluding steroid dienone is 4. The molecule has 3 aromatic rings. The molecule has 2 aromatic carbocycles. The molecule has 0 bridgehead atoms. The molecule has 1 aromatic heterocycles. The Morgan fingerprint density at radius 3 is 2.42 bits per heavy atom. The lowest BCUT2D eigenvalue weighted by atomic mass is 9.86. The number of nitrogens with zero attached hydrogens (tertiary/aromatic N) is 1. The SMILES string of the molecule is CNc1ccccc1-c1nc(C2C=CC=CC2C)c(-c2ccccc2)[nH]1. The molecule has 1 heterocycles. The summed E-state index contributed by atoms with van der Waals surface area (Å²) in [4.78, 5) is 8.66. The van der Waals surface area contributed by atoms with E-state index >= 15 is 0 Å². The van der Waals surface area contributed by atoms with Crippen molar-refractivity contribution in [2.45, 2.75) is 12.8 Å². The van der Waals surface area contributed by atoms with E-state index in [0.717, 1.165) is 28.5 Å². The number of nitrogens with one attached hydrogen (secondary N) is 2. The summed E-state index contributed by atoms with van der Waals surface area (Å²) in [5, 5.41) is 3.27. The van der Waals surface area contributed by atoms with Crippen molar-refractivity contribution in [3.05, 3.63) is 84.6 Å². The molecule has 1 aliphatic carbocycles. The lowest BCUT2D eigenvalue weighted by Gasteiger charge is -2.19. The molecule has 3 heteroatoms. The van der Waals surface area contributed by atoms with E-state index in [1.807, 2.05) is 25.2 Å². The van der Waals surface area contributed by atoms with Crippen LogP contribution in [0.3, 0.4) is 0 Å². The van der Waals surface area contributed by atoms with Crippen molar-refractivity contribution in [2.75, 3.05) is 12.4 Å². The normalized spacial score (nSPS) is 18.8. The molecular weight excluding hydrogens is 318 g/mol. The standard InChI is InChI=1S/C23H23N3/c1-16-10-6-7-13-18(16)22-21(17-11-4-3-5-12-17)25-23(26-22)19-14-8-9-15-20(19)24-2/h3-16,18,24H,1-2H3,(H,25,26). The Morgan fingerprint density at radius 1 is 0.923 bits per heavy atom. The molecule has 3 nitrogen and oxygen atoms in total. The van der Waals surface area contributed by atoms with E-state index in [1.54, 1.807) is 0 Å². The fourth-order valence-corrected chi connectivity index (χ4v) is 3.55. The van der Waals surface area contributed by atoms with Crippen LogP contribution >= 0.6 is 0 Å². The molecule has 0 saturated carbocycles. The van der Waals surface area contributed by atoms with E-state index < -0.39 is 0 Å². The summed E-state index contributed by atoms with van der Waals surface area (Å²) >= 11 is 0. The molecule has 4 rings (SSSR count). The Kier molecular flexibility index (Phi) is 4.44. The van der Waals surface area contributed by atoms with E-state index in [2.05, 4.69) is 77.9 Å². The summed E-state index contributed by atoms with van der Waals surface area (Å²) < 4.78 is 0. The first kappa shape index (κ1) is 16.4. The molecule has 0 saturated heterocycles. The first-order valence-corrected chi connectivity index (χ1v) is 9.05. The van der Waals surface area contributed by atoms with Crippen LogP contribution in [0.25, 0.3) is 22.6 Å². The summed E-state index contributed by atoms with van der Waals surface area (Å²) in [6, 6.07) is 18.7. The maximum absolute atomic E-state index is 5.06. The van der Waals surface area contributed by atoms with Gasteiger partial charge in [-0.1, -0.05) is 73.7 Å². The number of anilines is 1. The molecule has 2 N–H and O–H groups in total. The molecule has 0 radical (unpaired) electrons. The van der Waals surface area contributed by atoms with Gasteiger partial charge in [-0.15, -0.1) is 0 Å². The number of hydrogen-bond donors (Lipinski definition) is 2. The lowest BCUT2D eigenvalue weighted by Crippen LogP contribution is -2.09. The summed E-state index contributed by atoms with van der Waals surface area (Å²) in [5.74, 6) is 1.58. The van der Waals surface area contributed by atoms with Gasteiger partial charge in [0.15, 0.2) is 0 Å². The molecule has 26 heavy (non-hydrogen) atoms. The number of H-pyrrole nitrogens is 1. The minimum Gasteiger partial charge on any atom is -0.388 e. The second kappa shape index (κ2) is 7.04. The summed E-state index contributed by atoms with van der Waals surface area (Å²) in [6.45, 7) is 2.25. The van der Waals surface area contributed by atoms with E-state index in [9.17, 15) is 0 Å². The van der Waals surface area contributed by atoms with Crippen LogP contribution in [0.2, 0.25) is 0 Å². The fourth-order valence-electron chi connectivity index (χ4n) is 3.55. The third-order valence-electron chi connectivity index (χ3n) is 4.97. The van der Waals surface area contributed by atoms with Crippen molar-refractivity contribution in [3.8, 4) is 22.6 Å². The molecule has 0 amide bonds. The number of imidazole rings is 1. The van der Waals surface area contributed by atoms with Gasteiger partial charge in [0.1, 0.15) is 5.82 Å². The van der Waals surface area contributed by atoms with E-state index in [1.165, 1.54) is 5.56 Å². The van der Waals surface area contributed by atoms with Crippen molar-refractivity contribution in [3.63, 3.8) is 0 Å². The van der Waals surface area contributed by atoms with Crippen LogP contribution in [-0.2, 0) is 0 Å². The quantitative estimate of drug-likeness (QED) is 0.645. The van der Waals surface area contributed by atoms with Crippen LogP contribution in [-0.4, -0.2) is 17.0 Å². The molecule has 1 aliphatic rings. The highest BCUT2D eigenvalue weighted by molar-refractivity contribution is 5.76. The highest BCUT2D eigenvalue weighted by Crippen LogP contribution is 2.37. The molecule has 2 atom stereocenters. The minimum atomic E-state index is 0.266. The molecule has 2 unspecified atom stereocenters. The number of rotatable bonds is 4. The van der Waals surface area contributed by atoms with Crippen LogP contribution in [0.15, 0.2) is 78.9 Å². The lowest BCUT2D eigenvalue weighted by molar-refractivity contribution is 0.624. The number of aromatic amines is 1. The number of hydrogen-bond acceptors (Lipinski definition) is 2. The topological polar surface area (TPSA) is 40.7 Å². The molecular formula is C23H23N3. The van der Waals surface area contributed by atoms with Crippen LogP contribution in [0.1, 0.15) is 18.5 Å². The summed E-state index contributed by atoms with van der Waals surface area (Å²) in [7, 11) is 1.94.